The molecule has 8 rings (SSSR count). The minimum absolute atomic E-state index is 0.0188. The number of para-hydroxylation sites is 2. The molecular formula is C39H29N. The molecule has 0 spiro atoms. The zero-order valence-corrected chi connectivity index (χ0v) is 22.7. The van der Waals surface area contributed by atoms with Crippen molar-refractivity contribution in [2.24, 2.45) is 0 Å². The third-order valence-electron chi connectivity index (χ3n) is 8.82. The van der Waals surface area contributed by atoms with Crippen LogP contribution in [0.15, 0.2) is 140 Å². The van der Waals surface area contributed by atoms with Crippen LogP contribution in [0.2, 0.25) is 0 Å². The number of fused-ring (bicyclic) bond motifs is 6. The van der Waals surface area contributed by atoms with E-state index in [2.05, 4.69) is 158 Å². The number of hydrogen-bond acceptors (Lipinski definition) is 0. The molecule has 0 atom stereocenters. The predicted molar refractivity (Wildman–Crippen MR) is 169 cm³/mol. The highest BCUT2D eigenvalue weighted by atomic mass is 15.0. The zero-order valence-electron chi connectivity index (χ0n) is 22.7. The van der Waals surface area contributed by atoms with Crippen LogP contribution < -0.4 is 0 Å². The monoisotopic (exact) mass is 511 g/mol. The van der Waals surface area contributed by atoms with Gasteiger partial charge in [-0.15, -0.1) is 0 Å². The lowest BCUT2D eigenvalue weighted by atomic mass is 9.81. The van der Waals surface area contributed by atoms with E-state index < -0.39 is 0 Å². The molecule has 40 heavy (non-hydrogen) atoms. The zero-order chi connectivity index (χ0) is 26.8. The maximum absolute atomic E-state index is 2.42. The highest BCUT2D eigenvalue weighted by molar-refractivity contribution is 6.10. The molecule has 1 heterocycles. The SMILES string of the molecule is CC1(C)c2ccccc2-c2ccc(-c3ccccc3-c3ccc4c(c3)c3ccccc3n4-c3ccccc3)cc21. The van der Waals surface area contributed by atoms with Gasteiger partial charge in [0, 0.05) is 21.9 Å². The van der Waals surface area contributed by atoms with Crippen molar-refractivity contribution in [2.75, 3.05) is 0 Å². The summed E-state index contributed by atoms with van der Waals surface area (Å²) in [5.41, 5.74) is 14.2. The molecule has 0 amide bonds. The van der Waals surface area contributed by atoms with Gasteiger partial charge in [0.1, 0.15) is 0 Å². The summed E-state index contributed by atoms with van der Waals surface area (Å²) in [7, 11) is 0. The van der Waals surface area contributed by atoms with Gasteiger partial charge in [-0.1, -0.05) is 117 Å². The molecule has 0 N–H and O–H groups in total. The number of nitrogens with zero attached hydrogens (tertiary/aromatic N) is 1. The maximum Gasteiger partial charge on any atom is 0.0541 e. The van der Waals surface area contributed by atoms with Crippen molar-refractivity contribution in [3.05, 3.63) is 151 Å². The van der Waals surface area contributed by atoms with Gasteiger partial charge in [0.15, 0.2) is 0 Å². The van der Waals surface area contributed by atoms with Crippen molar-refractivity contribution in [3.63, 3.8) is 0 Å². The van der Waals surface area contributed by atoms with E-state index in [9.17, 15) is 0 Å². The molecule has 0 fully saturated rings. The minimum Gasteiger partial charge on any atom is -0.309 e. The third kappa shape index (κ3) is 3.28. The van der Waals surface area contributed by atoms with Crippen LogP contribution in [0.1, 0.15) is 25.0 Å². The van der Waals surface area contributed by atoms with Crippen LogP contribution in [-0.2, 0) is 5.41 Å². The summed E-state index contributed by atoms with van der Waals surface area (Å²) in [5, 5.41) is 2.55. The molecule has 1 aliphatic carbocycles. The molecule has 6 aromatic carbocycles. The van der Waals surface area contributed by atoms with Gasteiger partial charge in [-0.2, -0.15) is 0 Å². The summed E-state index contributed by atoms with van der Waals surface area (Å²) in [6.45, 7) is 4.70. The van der Waals surface area contributed by atoms with Crippen molar-refractivity contribution in [1.29, 1.82) is 0 Å². The summed E-state index contributed by atoms with van der Waals surface area (Å²) in [4.78, 5) is 0. The van der Waals surface area contributed by atoms with E-state index in [0.29, 0.717) is 0 Å². The van der Waals surface area contributed by atoms with Gasteiger partial charge in [0.2, 0.25) is 0 Å². The second kappa shape index (κ2) is 8.56. The summed E-state index contributed by atoms with van der Waals surface area (Å²) >= 11 is 0. The number of benzene rings is 6. The molecule has 1 nitrogen and oxygen atoms in total. The molecule has 7 aromatic rings. The van der Waals surface area contributed by atoms with Crippen molar-refractivity contribution in [1.82, 2.24) is 4.57 Å². The number of rotatable bonds is 3. The van der Waals surface area contributed by atoms with Crippen molar-refractivity contribution in [2.45, 2.75) is 19.3 Å². The van der Waals surface area contributed by atoms with Gasteiger partial charge >= 0.3 is 0 Å². The molecule has 0 unspecified atom stereocenters. The van der Waals surface area contributed by atoms with Gasteiger partial charge in [0.05, 0.1) is 11.0 Å². The van der Waals surface area contributed by atoms with Crippen LogP contribution in [0.5, 0.6) is 0 Å². The van der Waals surface area contributed by atoms with Crippen LogP contribution in [0.4, 0.5) is 0 Å². The first kappa shape index (κ1) is 23.0. The smallest absolute Gasteiger partial charge is 0.0541 e. The third-order valence-corrected chi connectivity index (χ3v) is 8.82. The Bertz CT molecular complexity index is 2070. The lowest BCUT2D eigenvalue weighted by molar-refractivity contribution is 0.660. The van der Waals surface area contributed by atoms with E-state index in [-0.39, 0.29) is 5.41 Å². The van der Waals surface area contributed by atoms with Crippen LogP contribution in [0, 0.1) is 0 Å². The van der Waals surface area contributed by atoms with E-state index >= 15 is 0 Å². The average Bonchev–Trinajstić information content (AvgIpc) is 3.46. The first-order valence-corrected chi connectivity index (χ1v) is 14.0. The summed E-state index contributed by atoms with van der Waals surface area (Å²) in [6, 6.07) is 51.1. The molecule has 190 valence electrons. The Kier molecular flexibility index (Phi) is 4.93. The summed E-state index contributed by atoms with van der Waals surface area (Å²) < 4.78 is 2.38. The van der Waals surface area contributed by atoms with Gasteiger partial charge in [0.25, 0.3) is 0 Å². The van der Waals surface area contributed by atoms with Crippen molar-refractivity contribution >= 4 is 21.8 Å². The molecule has 0 saturated heterocycles. The summed E-state index contributed by atoms with van der Waals surface area (Å²) in [6.07, 6.45) is 0. The maximum atomic E-state index is 2.42. The van der Waals surface area contributed by atoms with Crippen molar-refractivity contribution in [3.8, 4) is 39.1 Å². The molecular weight excluding hydrogens is 482 g/mol. The average molecular weight is 512 g/mol. The van der Waals surface area contributed by atoms with Gasteiger partial charge in [-0.05, 0) is 80.9 Å². The molecule has 0 radical (unpaired) electrons. The minimum atomic E-state index is -0.0188. The van der Waals surface area contributed by atoms with E-state index in [1.165, 1.54) is 72.0 Å². The van der Waals surface area contributed by atoms with E-state index in [0.717, 1.165) is 0 Å². The largest absolute Gasteiger partial charge is 0.309 e. The Morgan fingerprint density at radius 3 is 1.80 bits per heavy atom. The Balaban J connectivity index is 1.31. The highest BCUT2D eigenvalue weighted by Gasteiger charge is 2.35. The quantitative estimate of drug-likeness (QED) is 0.222. The predicted octanol–water partition coefficient (Wildman–Crippen LogP) is 10.4. The van der Waals surface area contributed by atoms with Crippen LogP contribution >= 0.6 is 0 Å². The van der Waals surface area contributed by atoms with Crippen molar-refractivity contribution < 1.29 is 0 Å². The summed E-state index contributed by atoms with van der Waals surface area (Å²) in [5.74, 6) is 0. The number of aromatic nitrogens is 1. The molecule has 0 saturated carbocycles. The van der Waals surface area contributed by atoms with Gasteiger partial charge in [-0.25, -0.2) is 0 Å². The highest BCUT2D eigenvalue weighted by Crippen LogP contribution is 2.50. The fourth-order valence-corrected chi connectivity index (χ4v) is 6.85. The van der Waals surface area contributed by atoms with Gasteiger partial charge in [-0.3, -0.25) is 0 Å². The van der Waals surface area contributed by atoms with E-state index in [1.54, 1.807) is 0 Å². The second-order valence-corrected chi connectivity index (χ2v) is 11.4. The Hall–Kier alpha value is -4.88. The Morgan fingerprint density at radius 1 is 0.425 bits per heavy atom. The van der Waals surface area contributed by atoms with Gasteiger partial charge < -0.3 is 4.57 Å². The van der Waals surface area contributed by atoms with Crippen LogP contribution in [-0.4, -0.2) is 4.57 Å². The fraction of sp³-hybridized carbons (Fsp3) is 0.0769. The topological polar surface area (TPSA) is 4.93 Å². The number of hydrogen-bond donors (Lipinski definition) is 0. The molecule has 1 aromatic heterocycles. The molecule has 0 aliphatic heterocycles. The van der Waals surface area contributed by atoms with E-state index in [4.69, 9.17) is 0 Å². The first-order chi connectivity index (χ1) is 19.6. The second-order valence-electron chi connectivity index (χ2n) is 11.4. The lowest BCUT2D eigenvalue weighted by Crippen LogP contribution is -2.14. The van der Waals surface area contributed by atoms with E-state index in [1.807, 2.05) is 0 Å². The van der Waals surface area contributed by atoms with Crippen LogP contribution in [0.25, 0.3) is 60.9 Å². The Morgan fingerprint density at radius 2 is 1.00 bits per heavy atom. The lowest BCUT2D eigenvalue weighted by Gasteiger charge is -2.22. The normalized spacial score (nSPS) is 13.4. The first-order valence-electron chi connectivity index (χ1n) is 14.0. The molecule has 0 bridgehead atoms. The molecule has 1 heteroatoms. The standard InChI is InChI=1S/C39H29N/c1-39(2)35-18-10-8-16-31(35)32-22-20-27(25-36(32)39)30-15-7-6-14-29(30)26-21-23-38-34(24-26)33-17-9-11-19-37(33)40(38)28-12-4-3-5-13-28/h3-25H,1-2H3. The van der Waals surface area contributed by atoms with Crippen LogP contribution in [0.3, 0.4) is 0 Å². The molecule has 1 aliphatic rings. The Labute approximate surface area is 235 Å². The fourth-order valence-electron chi connectivity index (χ4n) is 6.85.